The molecule has 0 bridgehead atoms. The Labute approximate surface area is 191 Å². The SMILES string of the molecule is CCCc1c(OCC(O)COc2ccccc2Br)ccc(C(C)=O)c1O.COC(C)=O. The highest BCUT2D eigenvalue weighted by atomic mass is 79.9. The molecule has 0 radical (unpaired) electrons. The summed E-state index contributed by atoms with van der Waals surface area (Å²) >= 11 is 3.38. The fraction of sp³-hybridized carbons (Fsp3) is 0.391. The second kappa shape index (κ2) is 13.7. The molecule has 2 aromatic carbocycles. The van der Waals surface area contributed by atoms with E-state index in [1.165, 1.54) is 27.0 Å². The van der Waals surface area contributed by atoms with Gasteiger partial charge >= 0.3 is 5.97 Å². The zero-order chi connectivity index (χ0) is 23.4. The number of phenolic OH excluding ortho intramolecular Hbond substituents is 1. The van der Waals surface area contributed by atoms with Crippen molar-refractivity contribution >= 4 is 27.7 Å². The van der Waals surface area contributed by atoms with Crippen LogP contribution in [0.5, 0.6) is 17.2 Å². The van der Waals surface area contributed by atoms with Crippen LogP contribution in [0.3, 0.4) is 0 Å². The van der Waals surface area contributed by atoms with Gasteiger partial charge in [-0.05, 0) is 53.5 Å². The maximum absolute atomic E-state index is 11.6. The van der Waals surface area contributed by atoms with Gasteiger partial charge in [0.25, 0.3) is 0 Å². The second-order valence-corrected chi connectivity index (χ2v) is 7.50. The molecule has 31 heavy (non-hydrogen) atoms. The van der Waals surface area contributed by atoms with Gasteiger partial charge < -0.3 is 24.4 Å². The molecule has 0 aliphatic heterocycles. The van der Waals surface area contributed by atoms with Gasteiger partial charge in [-0.15, -0.1) is 0 Å². The highest BCUT2D eigenvalue weighted by Crippen LogP contribution is 2.33. The lowest BCUT2D eigenvalue weighted by molar-refractivity contribution is -0.137. The lowest BCUT2D eigenvalue weighted by Gasteiger charge is -2.17. The van der Waals surface area contributed by atoms with Crippen molar-refractivity contribution in [3.05, 3.63) is 52.0 Å². The number of carbonyl (C=O) groups is 2. The molecule has 0 saturated heterocycles. The minimum atomic E-state index is -0.841. The maximum Gasteiger partial charge on any atom is 0.302 e. The molecule has 0 fully saturated rings. The van der Waals surface area contributed by atoms with Crippen LogP contribution in [0.25, 0.3) is 0 Å². The molecule has 0 heterocycles. The number of para-hydroxylation sites is 1. The number of aliphatic hydroxyl groups excluding tert-OH is 1. The topological polar surface area (TPSA) is 102 Å². The summed E-state index contributed by atoms with van der Waals surface area (Å²) in [5.74, 6) is 0.616. The van der Waals surface area contributed by atoms with Gasteiger partial charge in [0.15, 0.2) is 5.78 Å². The van der Waals surface area contributed by atoms with Crippen molar-refractivity contribution in [3.63, 3.8) is 0 Å². The van der Waals surface area contributed by atoms with E-state index in [-0.39, 0.29) is 36.3 Å². The number of halogens is 1. The number of aliphatic hydroxyl groups is 1. The van der Waals surface area contributed by atoms with E-state index in [1.54, 1.807) is 12.1 Å². The molecule has 7 nitrogen and oxygen atoms in total. The van der Waals surface area contributed by atoms with Gasteiger partial charge in [0.2, 0.25) is 0 Å². The predicted molar refractivity (Wildman–Crippen MR) is 121 cm³/mol. The van der Waals surface area contributed by atoms with Gasteiger partial charge in [0, 0.05) is 12.5 Å². The van der Waals surface area contributed by atoms with Crippen molar-refractivity contribution in [2.24, 2.45) is 0 Å². The molecular weight excluding hydrogens is 468 g/mol. The van der Waals surface area contributed by atoms with E-state index in [1.807, 2.05) is 25.1 Å². The molecule has 0 spiro atoms. The molecular formula is C23H29BrO7. The fourth-order valence-corrected chi connectivity index (χ4v) is 2.91. The van der Waals surface area contributed by atoms with Crippen molar-refractivity contribution in [1.82, 2.24) is 0 Å². The van der Waals surface area contributed by atoms with Crippen LogP contribution in [0.4, 0.5) is 0 Å². The first-order valence-corrected chi connectivity index (χ1v) is 10.6. The number of phenols is 1. The summed E-state index contributed by atoms with van der Waals surface area (Å²) in [4.78, 5) is 21.2. The first-order chi connectivity index (χ1) is 14.7. The second-order valence-electron chi connectivity index (χ2n) is 6.65. The van der Waals surface area contributed by atoms with Gasteiger partial charge in [-0.1, -0.05) is 25.5 Å². The number of ether oxygens (including phenoxy) is 3. The molecule has 8 heteroatoms. The zero-order valence-corrected chi connectivity index (χ0v) is 19.8. The summed E-state index contributed by atoms with van der Waals surface area (Å²) in [6.07, 6.45) is 0.524. The molecule has 1 unspecified atom stereocenters. The van der Waals surface area contributed by atoms with Crippen LogP contribution in [0, 0.1) is 0 Å². The Balaban J connectivity index is 0.000000861. The van der Waals surface area contributed by atoms with E-state index in [2.05, 4.69) is 20.7 Å². The first kappa shape index (κ1) is 26.5. The molecule has 0 aliphatic carbocycles. The van der Waals surface area contributed by atoms with Crippen LogP contribution in [-0.2, 0) is 16.0 Å². The number of esters is 1. The largest absolute Gasteiger partial charge is 0.507 e. The summed E-state index contributed by atoms with van der Waals surface area (Å²) in [6, 6.07) is 10.6. The predicted octanol–water partition coefficient (Wildman–Crippen LogP) is 4.31. The standard InChI is InChI=1S/C20H23BrO5.C3H6O2/c1-3-6-16-18(10-9-15(13(2)22)20(16)24)25-11-14(23)12-26-19-8-5-4-7-17(19)21;1-3(4)5-2/h4-5,7-10,14,23-24H,3,6,11-12H2,1-2H3;1-2H3. The van der Waals surface area contributed by atoms with Crippen LogP contribution >= 0.6 is 15.9 Å². The van der Waals surface area contributed by atoms with Gasteiger partial charge in [-0.3, -0.25) is 9.59 Å². The molecule has 2 aromatic rings. The van der Waals surface area contributed by atoms with Crippen LogP contribution < -0.4 is 9.47 Å². The van der Waals surface area contributed by atoms with Gasteiger partial charge in [0.1, 0.15) is 36.6 Å². The average Bonchev–Trinajstić information content (AvgIpc) is 2.73. The van der Waals surface area contributed by atoms with E-state index in [4.69, 9.17) is 9.47 Å². The first-order valence-electron chi connectivity index (χ1n) is 9.79. The number of benzene rings is 2. The number of carbonyl (C=O) groups excluding carboxylic acids is 2. The number of hydrogen-bond acceptors (Lipinski definition) is 7. The van der Waals surface area contributed by atoms with E-state index in [9.17, 15) is 19.8 Å². The van der Waals surface area contributed by atoms with Crippen LogP contribution in [0.2, 0.25) is 0 Å². The molecule has 1 atom stereocenters. The Hall–Kier alpha value is -2.58. The lowest BCUT2D eigenvalue weighted by atomic mass is 10.0. The third kappa shape index (κ3) is 8.98. The number of Topliss-reactive ketones (excluding diaryl/α,β-unsaturated/α-hetero) is 1. The van der Waals surface area contributed by atoms with Crippen molar-refractivity contribution < 1.29 is 34.0 Å². The highest BCUT2D eigenvalue weighted by molar-refractivity contribution is 9.10. The van der Waals surface area contributed by atoms with E-state index in [0.717, 1.165) is 10.9 Å². The maximum atomic E-state index is 11.6. The minimum absolute atomic E-state index is 0.0139. The molecule has 170 valence electrons. The van der Waals surface area contributed by atoms with Crippen molar-refractivity contribution in [3.8, 4) is 17.2 Å². The van der Waals surface area contributed by atoms with Crippen LogP contribution in [0.15, 0.2) is 40.9 Å². The Morgan fingerprint density at radius 3 is 2.13 bits per heavy atom. The van der Waals surface area contributed by atoms with Gasteiger partial charge in [-0.2, -0.15) is 0 Å². The average molecular weight is 497 g/mol. The lowest BCUT2D eigenvalue weighted by Crippen LogP contribution is -2.25. The van der Waals surface area contributed by atoms with E-state index in [0.29, 0.717) is 23.5 Å². The monoisotopic (exact) mass is 496 g/mol. The summed E-state index contributed by atoms with van der Waals surface area (Å²) < 4.78 is 16.2. The third-order valence-electron chi connectivity index (χ3n) is 4.11. The quantitative estimate of drug-likeness (QED) is 0.393. The molecule has 2 N–H and O–H groups in total. The summed E-state index contributed by atoms with van der Waals surface area (Å²) in [5, 5.41) is 20.4. The van der Waals surface area contributed by atoms with Crippen molar-refractivity contribution in [1.29, 1.82) is 0 Å². The molecule has 0 saturated carbocycles. The Bertz CT molecular complexity index is 867. The number of methoxy groups -OCH3 is 1. The van der Waals surface area contributed by atoms with Crippen LogP contribution in [0.1, 0.15) is 43.1 Å². The van der Waals surface area contributed by atoms with E-state index < -0.39 is 6.10 Å². The number of ketones is 1. The van der Waals surface area contributed by atoms with Crippen molar-refractivity contribution in [2.45, 2.75) is 39.7 Å². The smallest absolute Gasteiger partial charge is 0.302 e. The number of rotatable bonds is 9. The number of aromatic hydroxyl groups is 1. The molecule has 2 rings (SSSR count). The Morgan fingerprint density at radius 1 is 1.03 bits per heavy atom. The van der Waals surface area contributed by atoms with Gasteiger partial charge in [-0.25, -0.2) is 0 Å². The molecule has 0 aromatic heterocycles. The summed E-state index contributed by atoms with van der Waals surface area (Å²) in [7, 11) is 1.35. The summed E-state index contributed by atoms with van der Waals surface area (Å²) in [6.45, 7) is 4.83. The van der Waals surface area contributed by atoms with E-state index >= 15 is 0 Å². The van der Waals surface area contributed by atoms with Gasteiger partial charge in [0.05, 0.1) is 17.1 Å². The minimum Gasteiger partial charge on any atom is -0.507 e. The zero-order valence-electron chi connectivity index (χ0n) is 18.2. The van der Waals surface area contributed by atoms with Crippen molar-refractivity contribution in [2.75, 3.05) is 20.3 Å². The number of hydrogen-bond donors (Lipinski definition) is 2. The summed E-state index contributed by atoms with van der Waals surface area (Å²) in [5.41, 5.74) is 0.859. The van der Waals surface area contributed by atoms with Crippen LogP contribution in [-0.4, -0.2) is 48.4 Å². The Morgan fingerprint density at radius 2 is 1.61 bits per heavy atom. The molecule has 0 amide bonds. The normalized spacial score (nSPS) is 11.0. The molecule has 0 aliphatic rings. The Kier molecular flexibility index (Phi) is 11.7. The fourth-order valence-electron chi connectivity index (χ4n) is 2.51. The third-order valence-corrected chi connectivity index (χ3v) is 4.76. The highest BCUT2D eigenvalue weighted by Gasteiger charge is 2.17.